The third-order valence-electron chi connectivity index (χ3n) is 9.73. The van der Waals surface area contributed by atoms with Crippen LogP contribution in [0, 0.1) is 0 Å². The van der Waals surface area contributed by atoms with E-state index in [0.29, 0.717) is 17.5 Å². The van der Waals surface area contributed by atoms with Gasteiger partial charge >= 0.3 is 0 Å². The molecule has 238 valence electrons. The highest BCUT2D eigenvalue weighted by molar-refractivity contribution is 7.25. The van der Waals surface area contributed by atoms with Crippen LogP contribution >= 0.6 is 11.3 Å². The minimum absolute atomic E-state index is 0.656. The topological polar surface area (TPSA) is 65.0 Å². The largest absolute Gasteiger partial charge is 0.456 e. The van der Waals surface area contributed by atoms with Crippen LogP contribution in [0.1, 0.15) is 0 Å². The molecule has 0 N–H and O–H groups in total. The average molecular weight is 672 g/mol. The van der Waals surface area contributed by atoms with Gasteiger partial charge in [0, 0.05) is 58.4 Å². The van der Waals surface area contributed by atoms with E-state index in [4.69, 9.17) is 23.8 Å². The van der Waals surface area contributed by atoms with Crippen molar-refractivity contribution in [1.29, 1.82) is 0 Å². The molecular weight excluding hydrogens is 647 g/mol. The number of hydrogen-bond acceptors (Lipinski definition) is 6. The molecule has 0 fully saturated rings. The lowest BCUT2D eigenvalue weighted by molar-refractivity contribution is 0.664. The second-order valence-electron chi connectivity index (χ2n) is 12.8. The molecule has 0 saturated carbocycles. The van der Waals surface area contributed by atoms with Crippen molar-refractivity contribution in [2.45, 2.75) is 0 Å². The normalized spacial score (nSPS) is 11.9. The van der Waals surface area contributed by atoms with Crippen molar-refractivity contribution in [3.05, 3.63) is 152 Å². The lowest BCUT2D eigenvalue weighted by atomic mass is 10.00. The molecule has 0 spiro atoms. The van der Waals surface area contributed by atoms with Gasteiger partial charge in [0.25, 0.3) is 0 Å². The minimum Gasteiger partial charge on any atom is -0.456 e. The van der Waals surface area contributed by atoms with Crippen molar-refractivity contribution < 1.29 is 8.83 Å². The van der Waals surface area contributed by atoms with Gasteiger partial charge in [-0.25, -0.2) is 15.0 Å². The van der Waals surface area contributed by atoms with Gasteiger partial charge in [0.05, 0.1) is 0 Å². The first-order valence-corrected chi connectivity index (χ1v) is 17.7. The Morgan fingerprint density at radius 1 is 0.314 bits per heavy atom. The molecule has 0 amide bonds. The Morgan fingerprint density at radius 3 is 1.55 bits per heavy atom. The molecule has 51 heavy (non-hydrogen) atoms. The first kappa shape index (κ1) is 28.2. The van der Waals surface area contributed by atoms with E-state index >= 15 is 0 Å². The Balaban J connectivity index is 1.01. The van der Waals surface area contributed by atoms with E-state index in [0.717, 1.165) is 71.7 Å². The number of nitrogens with zero attached hydrogens (tertiary/aromatic N) is 3. The molecule has 0 unspecified atom stereocenters. The zero-order chi connectivity index (χ0) is 33.5. The first-order valence-electron chi connectivity index (χ1n) is 16.8. The first-order chi connectivity index (χ1) is 25.2. The number of thiophene rings is 1. The molecule has 0 bridgehead atoms. The number of furan rings is 2. The fourth-order valence-corrected chi connectivity index (χ4v) is 8.33. The second-order valence-corrected chi connectivity index (χ2v) is 13.9. The molecule has 11 aromatic rings. The van der Waals surface area contributed by atoms with Crippen molar-refractivity contribution in [1.82, 2.24) is 15.0 Å². The molecule has 4 heterocycles. The Labute approximate surface area is 295 Å². The maximum atomic E-state index is 6.34. The maximum absolute atomic E-state index is 6.34. The Hall–Kier alpha value is -6.63. The summed E-state index contributed by atoms with van der Waals surface area (Å²) in [6.45, 7) is 0. The predicted octanol–water partition coefficient (Wildman–Crippen LogP) is 12.7. The Bertz CT molecular complexity index is 3080. The van der Waals surface area contributed by atoms with Crippen LogP contribution in [0.2, 0.25) is 0 Å². The second kappa shape index (κ2) is 10.9. The average Bonchev–Trinajstić information content (AvgIpc) is 3.87. The Kier molecular flexibility index (Phi) is 6.05. The summed E-state index contributed by atoms with van der Waals surface area (Å²) in [5.74, 6) is 1.97. The number of aromatic nitrogens is 3. The summed E-state index contributed by atoms with van der Waals surface area (Å²) in [6.07, 6.45) is 0. The number of para-hydroxylation sites is 1. The van der Waals surface area contributed by atoms with E-state index in [2.05, 4.69) is 72.8 Å². The van der Waals surface area contributed by atoms with E-state index < -0.39 is 0 Å². The molecule has 0 aliphatic heterocycles. The third-order valence-corrected chi connectivity index (χ3v) is 10.9. The standard InChI is InChI=1S/C45H25N3O2S/c1-3-9-26(10-4-1)43-46-44(27-11-5-2-6-12-27)48-45(47-43)30-15-18-32-36-22-29(17-20-41(36)51-42(32)23-30)28-16-19-38-33(21-28)35-25-39-34(24-40(35)50-38)31-13-7-8-14-37(31)49-39/h1-25H. The van der Waals surface area contributed by atoms with Gasteiger partial charge in [-0.2, -0.15) is 0 Å². The van der Waals surface area contributed by atoms with Gasteiger partial charge in [-0.3, -0.25) is 0 Å². The van der Waals surface area contributed by atoms with Crippen molar-refractivity contribution in [3.63, 3.8) is 0 Å². The van der Waals surface area contributed by atoms with Crippen LogP contribution in [0.25, 0.3) is 109 Å². The molecule has 0 atom stereocenters. The fraction of sp³-hybridized carbons (Fsp3) is 0. The minimum atomic E-state index is 0.656. The van der Waals surface area contributed by atoms with Crippen LogP contribution in [0.5, 0.6) is 0 Å². The quantitative estimate of drug-likeness (QED) is 0.186. The van der Waals surface area contributed by atoms with Crippen LogP contribution in [-0.4, -0.2) is 15.0 Å². The summed E-state index contributed by atoms with van der Waals surface area (Å²) < 4.78 is 15.0. The molecular formula is C45H25N3O2S. The van der Waals surface area contributed by atoms with Crippen LogP contribution in [0.4, 0.5) is 0 Å². The molecule has 0 aliphatic carbocycles. The number of rotatable bonds is 4. The summed E-state index contributed by atoms with van der Waals surface area (Å²) >= 11 is 1.79. The summed E-state index contributed by atoms with van der Waals surface area (Å²) in [4.78, 5) is 14.8. The van der Waals surface area contributed by atoms with Gasteiger partial charge in [0.2, 0.25) is 0 Å². The smallest absolute Gasteiger partial charge is 0.164 e. The Morgan fingerprint density at radius 2 is 0.843 bits per heavy atom. The lowest BCUT2D eigenvalue weighted by Crippen LogP contribution is -1.99. The van der Waals surface area contributed by atoms with Crippen LogP contribution in [-0.2, 0) is 0 Å². The zero-order valence-electron chi connectivity index (χ0n) is 27.0. The predicted molar refractivity (Wildman–Crippen MR) is 209 cm³/mol. The van der Waals surface area contributed by atoms with Gasteiger partial charge in [-0.1, -0.05) is 103 Å². The number of fused-ring (bicyclic) bond motifs is 9. The van der Waals surface area contributed by atoms with Crippen molar-refractivity contribution in [2.24, 2.45) is 0 Å². The highest BCUT2D eigenvalue weighted by Gasteiger charge is 2.16. The third kappa shape index (κ3) is 4.58. The van der Waals surface area contributed by atoms with Crippen LogP contribution in [0.15, 0.2) is 160 Å². The lowest BCUT2D eigenvalue weighted by Gasteiger charge is -2.08. The van der Waals surface area contributed by atoms with Crippen LogP contribution in [0.3, 0.4) is 0 Å². The molecule has 0 saturated heterocycles. The van der Waals surface area contributed by atoms with Gasteiger partial charge in [-0.05, 0) is 59.7 Å². The summed E-state index contributed by atoms with van der Waals surface area (Å²) in [6, 6.07) is 52.3. The highest BCUT2D eigenvalue weighted by atomic mass is 32.1. The van der Waals surface area contributed by atoms with Crippen LogP contribution < -0.4 is 0 Å². The van der Waals surface area contributed by atoms with E-state index in [-0.39, 0.29) is 0 Å². The molecule has 4 aromatic heterocycles. The van der Waals surface area contributed by atoms with Gasteiger partial charge in [0.15, 0.2) is 17.5 Å². The summed E-state index contributed by atoms with van der Waals surface area (Å²) in [5.41, 5.74) is 8.65. The number of hydrogen-bond donors (Lipinski definition) is 0. The van der Waals surface area contributed by atoms with E-state index in [1.54, 1.807) is 11.3 Å². The molecule has 7 aromatic carbocycles. The van der Waals surface area contributed by atoms with Gasteiger partial charge in [-0.15, -0.1) is 11.3 Å². The fourth-order valence-electron chi connectivity index (χ4n) is 7.21. The van der Waals surface area contributed by atoms with Gasteiger partial charge < -0.3 is 8.83 Å². The summed E-state index contributed by atoms with van der Waals surface area (Å²) in [5, 5.41) is 6.73. The molecule has 5 nitrogen and oxygen atoms in total. The maximum Gasteiger partial charge on any atom is 0.164 e. The molecule has 0 aliphatic rings. The van der Waals surface area contributed by atoms with Gasteiger partial charge in [0.1, 0.15) is 22.3 Å². The van der Waals surface area contributed by atoms with E-state index in [1.165, 1.54) is 20.2 Å². The van der Waals surface area contributed by atoms with Crippen molar-refractivity contribution >= 4 is 75.4 Å². The number of benzene rings is 7. The molecule has 11 rings (SSSR count). The molecule has 0 radical (unpaired) electrons. The van der Waals surface area contributed by atoms with E-state index in [9.17, 15) is 0 Å². The van der Waals surface area contributed by atoms with Crippen molar-refractivity contribution in [3.8, 4) is 45.3 Å². The highest BCUT2D eigenvalue weighted by Crippen LogP contribution is 2.41. The molecule has 6 heteroatoms. The summed E-state index contributed by atoms with van der Waals surface area (Å²) in [7, 11) is 0. The van der Waals surface area contributed by atoms with E-state index in [1.807, 2.05) is 78.9 Å². The monoisotopic (exact) mass is 671 g/mol. The SMILES string of the molecule is c1ccc(-c2nc(-c3ccccc3)nc(-c3ccc4c(c3)sc3ccc(-c5ccc6oc7cc8c(cc7c6c5)oc5ccccc58)cc34)n2)cc1. The van der Waals surface area contributed by atoms with Crippen molar-refractivity contribution in [2.75, 3.05) is 0 Å². The zero-order valence-corrected chi connectivity index (χ0v) is 27.8.